The molecule has 0 atom stereocenters. The molecule has 0 bridgehead atoms. The van der Waals surface area contributed by atoms with Crippen molar-refractivity contribution in [1.82, 2.24) is 10.3 Å². The van der Waals surface area contributed by atoms with E-state index in [1.807, 2.05) is 12.1 Å². The van der Waals surface area contributed by atoms with E-state index in [2.05, 4.69) is 67.2 Å². The lowest BCUT2D eigenvalue weighted by molar-refractivity contribution is 0.0947. The maximum Gasteiger partial charge on any atom is 0.269 e. The lowest BCUT2D eigenvalue weighted by Crippen LogP contribution is -2.30. The molecule has 0 saturated heterocycles. The first-order valence-electron chi connectivity index (χ1n) is 9.02. The van der Waals surface area contributed by atoms with Gasteiger partial charge >= 0.3 is 0 Å². The van der Waals surface area contributed by atoms with Gasteiger partial charge in [0, 0.05) is 19.1 Å². The Morgan fingerprint density at radius 3 is 2.36 bits per heavy atom. The molecule has 2 aromatic rings. The molecule has 1 N–H and O–H groups in total. The molecule has 0 aliphatic heterocycles. The summed E-state index contributed by atoms with van der Waals surface area (Å²) in [7, 11) is 0. The molecule has 0 fully saturated rings. The highest BCUT2D eigenvalue weighted by atomic mass is 16.1. The molecule has 134 valence electrons. The highest BCUT2D eigenvalue weighted by Gasteiger charge is 2.13. The van der Waals surface area contributed by atoms with Crippen LogP contribution in [0.15, 0.2) is 48.7 Å². The summed E-state index contributed by atoms with van der Waals surface area (Å²) < 4.78 is 0. The minimum Gasteiger partial charge on any atom is -0.364 e. The summed E-state index contributed by atoms with van der Waals surface area (Å²) in [6.45, 7) is 10.1. The number of benzene rings is 1. The molecule has 1 amide bonds. The number of nitrogens with one attached hydrogen (secondary N) is 1. The van der Waals surface area contributed by atoms with Gasteiger partial charge in [0.1, 0.15) is 5.69 Å². The van der Waals surface area contributed by atoms with Crippen LogP contribution in [0.1, 0.15) is 50.2 Å². The second kappa shape index (κ2) is 9.21. The van der Waals surface area contributed by atoms with Crippen LogP contribution in [0, 0.1) is 5.92 Å². The predicted octanol–water partition coefficient (Wildman–Crippen LogP) is 4.27. The first-order chi connectivity index (χ1) is 12.0. The van der Waals surface area contributed by atoms with Crippen LogP contribution in [0.3, 0.4) is 0 Å². The molecule has 0 aliphatic carbocycles. The van der Waals surface area contributed by atoms with Crippen molar-refractivity contribution < 1.29 is 4.79 Å². The fourth-order valence-corrected chi connectivity index (χ4v) is 2.61. The maximum atomic E-state index is 12.1. The van der Waals surface area contributed by atoms with Gasteiger partial charge in [-0.05, 0) is 43.9 Å². The number of carbonyl (C=O) groups is 1. The first-order valence-corrected chi connectivity index (χ1v) is 9.02. The Bertz CT molecular complexity index is 651. The molecule has 0 radical (unpaired) electrons. The topological polar surface area (TPSA) is 45.2 Å². The molecule has 0 aliphatic rings. The zero-order valence-corrected chi connectivity index (χ0v) is 15.7. The Balaban J connectivity index is 2.04. The summed E-state index contributed by atoms with van der Waals surface area (Å²) >= 11 is 0. The van der Waals surface area contributed by atoms with E-state index in [9.17, 15) is 4.79 Å². The largest absolute Gasteiger partial charge is 0.364 e. The number of carbonyl (C=O) groups excluding carboxylic acids is 1. The molecule has 4 heteroatoms. The lowest BCUT2D eigenvalue weighted by Gasteiger charge is -2.29. The molecular formula is C21H29N3O. The molecule has 25 heavy (non-hydrogen) atoms. The number of rotatable bonds is 8. The normalized spacial score (nSPS) is 11.0. The van der Waals surface area contributed by atoms with E-state index >= 15 is 0 Å². The van der Waals surface area contributed by atoms with Crippen molar-refractivity contribution in [3.63, 3.8) is 0 Å². The molecular weight excluding hydrogens is 310 g/mol. The fourth-order valence-electron chi connectivity index (χ4n) is 2.61. The van der Waals surface area contributed by atoms with Crippen LogP contribution in [0.2, 0.25) is 0 Å². The third kappa shape index (κ3) is 5.89. The van der Waals surface area contributed by atoms with Gasteiger partial charge < -0.3 is 10.2 Å². The summed E-state index contributed by atoms with van der Waals surface area (Å²) in [6, 6.07) is 14.5. The molecule has 0 unspecified atom stereocenters. The lowest BCUT2D eigenvalue weighted by atomic mass is 10.1. The van der Waals surface area contributed by atoms with Crippen molar-refractivity contribution in [2.45, 2.75) is 46.7 Å². The number of amides is 1. The standard InChI is InChI=1S/C21H29N3O/c1-16(2)12-13-22-21(25)20-11-10-19(14-23-20)24(17(3)4)15-18-8-6-5-7-9-18/h5-11,14,16-17H,12-13,15H2,1-4H3,(H,22,25). The van der Waals surface area contributed by atoms with Crippen LogP contribution in [0.5, 0.6) is 0 Å². The Kier molecular flexibility index (Phi) is 6.99. The fraction of sp³-hybridized carbons (Fsp3) is 0.429. The molecule has 2 rings (SSSR count). The van der Waals surface area contributed by atoms with E-state index in [0.29, 0.717) is 24.2 Å². The average molecular weight is 339 g/mol. The minimum absolute atomic E-state index is 0.105. The van der Waals surface area contributed by atoms with Crippen LogP contribution < -0.4 is 10.2 Å². The number of aromatic nitrogens is 1. The Morgan fingerprint density at radius 2 is 1.80 bits per heavy atom. The highest BCUT2D eigenvalue weighted by Crippen LogP contribution is 2.19. The number of anilines is 1. The summed E-state index contributed by atoms with van der Waals surface area (Å²) in [5, 5.41) is 2.93. The van der Waals surface area contributed by atoms with Crippen molar-refractivity contribution in [1.29, 1.82) is 0 Å². The van der Waals surface area contributed by atoms with E-state index in [0.717, 1.165) is 18.7 Å². The van der Waals surface area contributed by atoms with Gasteiger partial charge in [0.25, 0.3) is 5.91 Å². The molecule has 1 aromatic carbocycles. The first kappa shape index (κ1) is 19.0. The summed E-state index contributed by atoms with van der Waals surface area (Å²) in [5.41, 5.74) is 2.75. The smallest absolute Gasteiger partial charge is 0.269 e. The van der Waals surface area contributed by atoms with Gasteiger partial charge in [-0.3, -0.25) is 4.79 Å². The minimum atomic E-state index is -0.105. The highest BCUT2D eigenvalue weighted by molar-refractivity contribution is 5.92. The third-order valence-electron chi connectivity index (χ3n) is 4.14. The van der Waals surface area contributed by atoms with Crippen molar-refractivity contribution in [3.05, 3.63) is 59.9 Å². The van der Waals surface area contributed by atoms with Crippen molar-refractivity contribution in [3.8, 4) is 0 Å². The van der Waals surface area contributed by atoms with Crippen LogP contribution >= 0.6 is 0 Å². The van der Waals surface area contributed by atoms with E-state index < -0.39 is 0 Å². The van der Waals surface area contributed by atoms with E-state index in [-0.39, 0.29) is 5.91 Å². The second-order valence-electron chi connectivity index (χ2n) is 7.05. The number of hydrogen-bond donors (Lipinski definition) is 1. The van der Waals surface area contributed by atoms with E-state index in [1.165, 1.54) is 5.56 Å². The molecule has 0 saturated carbocycles. The van der Waals surface area contributed by atoms with Gasteiger partial charge in [-0.1, -0.05) is 44.2 Å². The molecule has 4 nitrogen and oxygen atoms in total. The number of hydrogen-bond acceptors (Lipinski definition) is 3. The summed E-state index contributed by atoms with van der Waals surface area (Å²) in [5.74, 6) is 0.472. The van der Waals surface area contributed by atoms with Crippen molar-refractivity contribution in [2.75, 3.05) is 11.4 Å². The molecule has 1 heterocycles. The van der Waals surface area contributed by atoms with E-state index in [4.69, 9.17) is 0 Å². The molecule has 1 aromatic heterocycles. The zero-order valence-electron chi connectivity index (χ0n) is 15.7. The average Bonchev–Trinajstić information content (AvgIpc) is 2.60. The van der Waals surface area contributed by atoms with Crippen LogP contribution in [0.4, 0.5) is 5.69 Å². The van der Waals surface area contributed by atoms with Gasteiger partial charge in [0.05, 0.1) is 11.9 Å². The van der Waals surface area contributed by atoms with Gasteiger partial charge in [-0.2, -0.15) is 0 Å². The monoisotopic (exact) mass is 339 g/mol. The Hall–Kier alpha value is -2.36. The van der Waals surface area contributed by atoms with E-state index in [1.54, 1.807) is 12.3 Å². The zero-order chi connectivity index (χ0) is 18.2. The predicted molar refractivity (Wildman–Crippen MR) is 104 cm³/mol. The SMILES string of the molecule is CC(C)CCNC(=O)c1ccc(N(Cc2ccccc2)C(C)C)cn1. The van der Waals surface area contributed by atoms with Crippen molar-refractivity contribution >= 4 is 11.6 Å². The van der Waals surface area contributed by atoms with Crippen LogP contribution in [0.25, 0.3) is 0 Å². The van der Waals surface area contributed by atoms with Gasteiger partial charge in [0.15, 0.2) is 0 Å². The Labute approximate surface area is 151 Å². The van der Waals surface area contributed by atoms with Crippen LogP contribution in [-0.2, 0) is 6.54 Å². The summed E-state index contributed by atoms with van der Waals surface area (Å²) in [6.07, 6.45) is 2.77. The number of pyridine rings is 1. The third-order valence-corrected chi connectivity index (χ3v) is 4.14. The maximum absolute atomic E-state index is 12.1. The Morgan fingerprint density at radius 1 is 1.08 bits per heavy atom. The van der Waals surface area contributed by atoms with Gasteiger partial charge in [0.2, 0.25) is 0 Å². The van der Waals surface area contributed by atoms with Gasteiger partial charge in [-0.25, -0.2) is 4.98 Å². The summed E-state index contributed by atoms with van der Waals surface area (Å²) in [4.78, 5) is 18.8. The quantitative estimate of drug-likeness (QED) is 0.781. The number of nitrogens with zero attached hydrogens (tertiary/aromatic N) is 2. The van der Waals surface area contributed by atoms with Crippen LogP contribution in [-0.4, -0.2) is 23.5 Å². The van der Waals surface area contributed by atoms with Gasteiger partial charge in [-0.15, -0.1) is 0 Å². The second-order valence-corrected chi connectivity index (χ2v) is 7.05. The molecule has 0 spiro atoms. The van der Waals surface area contributed by atoms with Crippen molar-refractivity contribution in [2.24, 2.45) is 5.92 Å².